The second-order valence-corrected chi connectivity index (χ2v) is 5.58. The normalized spacial score (nSPS) is 28.3. The quantitative estimate of drug-likeness (QED) is 0.720. The van der Waals surface area contributed by atoms with Crippen LogP contribution in [0.4, 0.5) is 0 Å². The van der Waals surface area contributed by atoms with E-state index in [1.54, 1.807) is 0 Å². The molecule has 1 rings (SSSR count). The van der Waals surface area contributed by atoms with E-state index in [0.29, 0.717) is 12.0 Å². The Bertz CT molecular complexity index is 185. The fourth-order valence-corrected chi connectivity index (χ4v) is 2.70. The standard InChI is InChI=1S/C13H28N2O/c1-11-5-4-6-12(9-11)13(10-16)14-7-8-15(2)3/h11-14,16H,4-10H2,1-3H3. The van der Waals surface area contributed by atoms with Crippen LogP contribution >= 0.6 is 0 Å². The minimum absolute atomic E-state index is 0.283. The molecule has 0 aromatic carbocycles. The van der Waals surface area contributed by atoms with Gasteiger partial charge in [0.1, 0.15) is 0 Å². The number of nitrogens with one attached hydrogen (secondary N) is 1. The molecule has 16 heavy (non-hydrogen) atoms. The molecule has 96 valence electrons. The first-order chi connectivity index (χ1) is 7.63. The molecule has 1 aliphatic carbocycles. The molecule has 0 saturated heterocycles. The maximum Gasteiger partial charge on any atom is 0.0587 e. The van der Waals surface area contributed by atoms with E-state index >= 15 is 0 Å². The van der Waals surface area contributed by atoms with Crippen molar-refractivity contribution in [3.8, 4) is 0 Å². The van der Waals surface area contributed by atoms with Crippen LogP contribution in [-0.2, 0) is 0 Å². The molecule has 3 heteroatoms. The Balaban J connectivity index is 2.28. The molecule has 3 unspecified atom stereocenters. The number of hydrogen-bond acceptors (Lipinski definition) is 3. The summed E-state index contributed by atoms with van der Waals surface area (Å²) in [6.45, 7) is 4.63. The van der Waals surface area contributed by atoms with Gasteiger partial charge >= 0.3 is 0 Å². The summed E-state index contributed by atoms with van der Waals surface area (Å²) in [4.78, 5) is 2.17. The molecule has 2 N–H and O–H groups in total. The predicted molar refractivity (Wildman–Crippen MR) is 68.6 cm³/mol. The summed E-state index contributed by atoms with van der Waals surface area (Å²) in [5.41, 5.74) is 0. The van der Waals surface area contributed by atoms with Crippen molar-refractivity contribution in [1.82, 2.24) is 10.2 Å². The maximum absolute atomic E-state index is 9.45. The van der Waals surface area contributed by atoms with Crippen molar-refractivity contribution in [2.45, 2.75) is 38.6 Å². The minimum atomic E-state index is 0.283. The summed E-state index contributed by atoms with van der Waals surface area (Å²) in [5, 5.41) is 13.0. The van der Waals surface area contributed by atoms with Crippen LogP contribution in [0.5, 0.6) is 0 Å². The van der Waals surface area contributed by atoms with E-state index in [4.69, 9.17) is 0 Å². The topological polar surface area (TPSA) is 35.5 Å². The number of aliphatic hydroxyl groups excluding tert-OH is 1. The Hall–Kier alpha value is -0.120. The van der Waals surface area contributed by atoms with Crippen LogP contribution in [0.2, 0.25) is 0 Å². The van der Waals surface area contributed by atoms with Crippen molar-refractivity contribution in [3.05, 3.63) is 0 Å². The van der Waals surface area contributed by atoms with E-state index in [-0.39, 0.29) is 6.61 Å². The number of likely N-dealkylation sites (N-methyl/N-ethyl adjacent to an activating group) is 1. The highest BCUT2D eigenvalue weighted by molar-refractivity contribution is 4.81. The van der Waals surface area contributed by atoms with Gasteiger partial charge < -0.3 is 15.3 Å². The van der Waals surface area contributed by atoms with Gasteiger partial charge in [-0.25, -0.2) is 0 Å². The lowest BCUT2D eigenvalue weighted by Gasteiger charge is -2.33. The highest BCUT2D eigenvalue weighted by atomic mass is 16.3. The zero-order chi connectivity index (χ0) is 12.0. The lowest BCUT2D eigenvalue weighted by atomic mass is 9.79. The third kappa shape index (κ3) is 4.81. The molecule has 0 aromatic heterocycles. The minimum Gasteiger partial charge on any atom is -0.395 e. The summed E-state index contributed by atoms with van der Waals surface area (Å²) >= 11 is 0. The van der Waals surface area contributed by atoms with Crippen LogP contribution in [0.1, 0.15) is 32.6 Å². The molecule has 0 heterocycles. The first kappa shape index (κ1) is 13.9. The third-order valence-corrected chi connectivity index (χ3v) is 3.71. The van der Waals surface area contributed by atoms with E-state index in [0.717, 1.165) is 19.0 Å². The van der Waals surface area contributed by atoms with Crippen molar-refractivity contribution in [2.75, 3.05) is 33.8 Å². The SMILES string of the molecule is CC1CCCC(C(CO)NCCN(C)C)C1. The molecular weight excluding hydrogens is 200 g/mol. The van der Waals surface area contributed by atoms with Gasteiger partial charge in [0.25, 0.3) is 0 Å². The molecule has 0 bridgehead atoms. The summed E-state index contributed by atoms with van der Waals surface area (Å²) in [7, 11) is 4.16. The zero-order valence-corrected chi connectivity index (χ0v) is 11.1. The first-order valence-electron chi connectivity index (χ1n) is 6.62. The Morgan fingerprint density at radius 2 is 2.12 bits per heavy atom. The fourth-order valence-electron chi connectivity index (χ4n) is 2.70. The molecule has 0 aromatic rings. The van der Waals surface area contributed by atoms with Crippen molar-refractivity contribution < 1.29 is 5.11 Å². The average Bonchev–Trinajstić information content (AvgIpc) is 2.24. The summed E-state index contributed by atoms with van der Waals surface area (Å²) in [6.07, 6.45) is 5.26. The van der Waals surface area contributed by atoms with E-state index in [2.05, 4.69) is 31.2 Å². The van der Waals surface area contributed by atoms with Gasteiger partial charge in [0, 0.05) is 19.1 Å². The Kier molecular flexibility index (Phi) is 6.32. The largest absolute Gasteiger partial charge is 0.395 e. The Morgan fingerprint density at radius 1 is 1.38 bits per heavy atom. The molecule has 1 saturated carbocycles. The van der Waals surface area contributed by atoms with Crippen molar-refractivity contribution in [3.63, 3.8) is 0 Å². The highest BCUT2D eigenvalue weighted by Gasteiger charge is 2.25. The summed E-state index contributed by atoms with van der Waals surface area (Å²) in [6, 6.07) is 0.308. The third-order valence-electron chi connectivity index (χ3n) is 3.71. The van der Waals surface area contributed by atoms with E-state index < -0.39 is 0 Å². The van der Waals surface area contributed by atoms with Gasteiger partial charge in [0.2, 0.25) is 0 Å². The predicted octanol–water partition coefficient (Wildman–Crippen LogP) is 1.32. The number of nitrogens with zero attached hydrogens (tertiary/aromatic N) is 1. The van der Waals surface area contributed by atoms with Crippen LogP contribution in [0, 0.1) is 11.8 Å². The summed E-state index contributed by atoms with van der Waals surface area (Å²) in [5.74, 6) is 1.51. The molecule has 3 nitrogen and oxygen atoms in total. The second kappa shape index (κ2) is 7.25. The van der Waals surface area contributed by atoms with Crippen molar-refractivity contribution >= 4 is 0 Å². The van der Waals surface area contributed by atoms with E-state index in [1.807, 2.05) is 0 Å². The molecule has 0 spiro atoms. The van der Waals surface area contributed by atoms with Crippen LogP contribution in [-0.4, -0.2) is 49.8 Å². The second-order valence-electron chi connectivity index (χ2n) is 5.58. The van der Waals surface area contributed by atoms with Crippen LogP contribution in [0.25, 0.3) is 0 Å². The van der Waals surface area contributed by atoms with Gasteiger partial charge in [-0.2, -0.15) is 0 Å². The van der Waals surface area contributed by atoms with Gasteiger partial charge in [0.05, 0.1) is 6.61 Å². The van der Waals surface area contributed by atoms with Crippen LogP contribution in [0.15, 0.2) is 0 Å². The van der Waals surface area contributed by atoms with Gasteiger partial charge in [0.15, 0.2) is 0 Å². The van der Waals surface area contributed by atoms with Crippen LogP contribution in [0.3, 0.4) is 0 Å². The molecule has 1 aliphatic rings. The fraction of sp³-hybridized carbons (Fsp3) is 1.00. The average molecular weight is 228 g/mol. The van der Waals surface area contributed by atoms with Crippen LogP contribution < -0.4 is 5.32 Å². The molecule has 0 aliphatic heterocycles. The van der Waals surface area contributed by atoms with Crippen molar-refractivity contribution in [2.24, 2.45) is 11.8 Å². The smallest absolute Gasteiger partial charge is 0.0587 e. The van der Waals surface area contributed by atoms with E-state index in [9.17, 15) is 5.11 Å². The van der Waals surface area contributed by atoms with Gasteiger partial charge in [-0.05, 0) is 38.8 Å². The Morgan fingerprint density at radius 3 is 2.69 bits per heavy atom. The highest BCUT2D eigenvalue weighted by Crippen LogP contribution is 2.30. The van der Waals surface area contributed by atoms with Gasteiger partial charge in [-0.1, -0.05) is 19.8 Å². The van der Waals surface area contributed by atoms with Gasteiger partial charge in [-0.3, -0.25) is 0 Å². The maximum atomic E-state index is 9.45. The van der Waals surface area contributed by atoms with Crippen molar-refractivity contribution in [1.29, 1.82) is 0 Å². The molecule has 0 amide bonds. The monoisotopic (exact) mass is 228 g/mol. The lowest BCUT2D eigenvalue weighted by Crippen LogP contribution is -2.43. The first-order valence-corrected chi connectivity index (χ1v) is 6.62. The molecule has 0 radical (unpaired) electrons. The number of rotatable bonds is 6. The lowest BCUT2D eigenvalue weighted by molar-refractivity contribution is 0.151. The number of hydrogen-bond donors (Lipinski definition) is 2. The Labute approximate surface area is 100 Å². The molecular formula is C13H28N2O. The molecule has 1 fully saturated rings. The summed E-state index contributed by atoms with van der Waals surface area (Å²) < 4.78 is 0. The zero-order valence-electron chi connectivity index (χ0n) is 11.1. The van der Waals surface area contributed by atoms with Gasteiger partial charge in [-0.15, -0.1) is 0 Å². The number of aliphatic hydroxyl groups is 1. The molecule has 3 atom stereocenters. The van der Waals surface area contributed by atoms with E-state index in [1.165, 1.54) is 25.7 Å².